The molecular weight excluding hydrogens is 904 g/mol. The van der Waals surface area contributed by atoms with E-state index < -0.39 is 52.8 Å². The van der Waals surface area contributed by atoms with Gasteiger partial charge in [-0.05, 0) is 101 Å². The van der Waals surface area contributed by atoms with Crippen LogP contribution in [0.4, 0.5) is 49.1 Å². The molecule has 50 heavy (non-hydrogen) atoms. The third kappa shape index (κ3) is 12.0. The second-order valence-corrected chi connectivity index (χ2v) is 12.4. The lowest BCUT2D eigenvalue weighted by molar-refractivity contribution is -0.0304. The summed E-state index contributed by atoms with van der Waals surface area (Å²) < 4.78 is 88.1. The smallest absolute Gasteiger partial charge is 0.277 e. The van der Waals surface area contributed by atoms with Crippen LogP contribution in [0.5, 0.6) is 0 Å². The van der Waals surface area contributed by atoms with Crippen molar-refractivity contribution in [3.05, 3.63) is 114 Å². The van der Waals surface area contributed by atoms with Gasteiger partial charge in [0.15, 0.2) is 23.3 Å². The van der Waals surface area contributed by atoms with E-state index in [0.29, 0.717) is 19.3 Å². The lowest BCUT2D eigenvalue weighted by atomic mass is 10.1. The van der Waals surface area contributed by atoms with Crippen molar-refractivity contribution in [2.24, 2.45) is 0 Å². The summed E-state index contributed by atoms with van der Waals surface area (Å²) >= 11 is 3.86. The molecule has 4 aromatic rings. The van der Waals surface area contributed by atoms with Crippen molar-refractivity contribution < 1.29 is 55.5 Å². The average Bonchev–Trinajstić information content (AvgIpc) is 3.07. The summed E-state index contributed by atoms with van der Waals surface area (Å²) in [6, 6.07) is 11.5. The molecule has 1 atom stereocenters. The maximum atomic E-state index is 14.0. The van der Waals surface area contributed by atoms with Crippen LogP contribution in [0.2, 0.25) is 0 Å². The molecule has 0 aliphatic carbocycles. The molecule has 0 aliphatic rings. The minimum Gasteiger partial charge on any atom is -0.394 e. The number of hydrogen-bond donors (Lipinski definition) is 5. The SMILES string of the molecule is CC(CO)ONC(=O)c1cc(F)c(F)cc1Nc1ccc(I)cc1F.COCCONC(=O)c1cc(F)c(F)cc1Nc1ccc(I)cc1F. The lowest BCUT2D eigenvalue weighted by Gasteiger charge is -2.15. The van der Waals surface area contributed by atoms with Gasteiger partial charge in [0.25, 0.3) is 11.8 Å². The second-order valence-electron chi connectivity index (χ2n) is 9.94. The first-order valence-corrected chi connectivity index (χ1v) is 16.3. The number of benzene rings is 4. The average molecular weight is 932 g/mol. The molecule has 0 saturated carbocycles. The minimum atomic E-state index is -1.24. The van der Waals surface area contributed by atoms with Gasteiger partial charge >= 0.3 is 0 Å². The van der Waals surface area contributed by atoms with E-state index >= 15 is 0 Å². The summed E-state index contributed by atoms with van der Waals surface area (Å²) in [5.41, 5.74) is 3.34. The Morgan fingerprint density at radius 2 is 1.10 bits per heavy atom. The Hall–Kier alpha value is -3.70. The molecule has 0 fully saturated rings. The van der Waals surface area contributed by atoms with E-state index in [1.54, 1.807) is 12.1 Å². The largest absolute Gasteiger partial charge is 0.394 e. The van der Waals surface area contributed by atoms with Crippen LogP contribution in [-0.2, 0) is 14.4 Å². The number of hydrogen-bond acceptors (Lipinski definition) is 8. The maximum absolute atomic E-state index is 14.0. The van der Waals surface area contributed by atoms with Gasteiger partial charge in [-0.25, -0.2) is 37.3 Å². The molecule has 0 saturated heterocycles. The fourth-order valence-electron chi connectivity index (χ4n) is 3.69. The van der Waals surface area contributed by atoms with Crippen LogP contribution >= 0.6 is 45.2 Å². The Balaban J connectivity index is 0.000000270. The molecule has 0 bridgehead atoms. The number of aliphatic hydroxyl groups excluding tert-OH is 1. The van der Waals surface area contributed by atoms with Crippen molar-refractivity contribution in [1.82, 2.24) is 11.0 Å². The molecule has 0 radical (unpaired) electrons. The molecule has 18 heteroatoms. The number of halogens is 8. The quantitative estimate of drug-likeness (QED) is 0.0411. The van der Waals surface area contributed by atoms with Gasteiger partial charge in [0.1, 0.15) is 17.7 Å². The van der Waals surface area contributed by atoms with Crippen LogP contribution in [-0.4, -0.2) is 50.0 Å². The number of carbonyl (C=O) groups excluding carboxylic acids is 2. The topological polar surface area (TPSA) is 130 Å². The summed E-state index contributed by atoms with van der Waals surface area (Å²) in [6.45, 7) is 1.44. The van der Waals surface area contributed by atoms with E-state index in [1.165, 1.54) is 38.3 Å². The van der Waals surface area contributed by atoms with Crippen LogP contribution < -0.4 is 21.6 Å². The molecule has 4 aromatic carbocycles. The molecule has 2 amide bonds. The zero-order chi connectivity index (χ0) is 37.0. The van der Waals surface area contributed by atoms with Crippen LogP contribution in [0.1, 0.15) is 27.6 Å². The number of anilines is 4. The van der Waals surface area contributed by atoms with Crippen molar-refractivity contribution in [2.45, 2.75) is 13.0 Å². The molecule has 4 rings (SSSR count). The van der Waals surface area contributed by atoms with E-state index in [-0.39, 0.29) is 53.7 Å². The Kier molecular flexibility index (Phi) is 16.0. The molecule has 0 aromatic heterocycles. The molecule has 0 heterocycles. The summed E-state index contributed by atoms with van der Waals surface area (Å²) in [5.74, 6) is -7.74. The Bertz CT molecular complexity index is 1820. The van der Waals surface area contributed by atoms with Crippen molar-refractivity contribution in [2.75, 3.05) is 37.6 Å². The lowest BCUT2D eigenvalue weighted by Crippen LogP contribution is -2.30. The number of aliphatic hydroxyl groups is 1. The Morgan fingerprint density at radius 3 is 1.52 bits per heavy atom. The highest BCUT2D eigenvalue weighted by Crippen LogP contribution is 2.28. The summed E-state index contributed by atoms with van der Waals surface area (Å²) in [6.07, 6.45) is -0.695. The monoisotopic (exact) mass is 932 g/mol. The Labute approximate surface area is 309 Å². The molecule has 268 valence electrons. The molecule has 10 nitrogen and oxygen atoms in total. The molecule has 5 N–H and O–H groups in total. The van der Waals surface area contributed by atoms with Crippen LogP contribution in [0, 0.1) is 42.0 Å². The zero-order valence-corrected chi connectivity index (χ0v) is 30.3. The number of carbonyl (C=O) groups is 2. The predicted octanol–water partition coefficient (Wildman–Crippen LogP) is 7.25. The predicted molar refractivity (Wildman–Crippen MR) is 188 cm³/mol. The van der Waals surface area contributed by atoms with Crippen LogP contribution in [0.25, 0.3) is 0 Å². The summed E-state index contributed by atoms with van der Waals surface area (Å²) in [4.78, 5) is 34.0. The van der Waals surface area contributed by atoms with E-state index in [0.717, 1.165) is 12.1 Å². The van der Waals surface area contributed by atoms with E-state index in [1.807, 2.05) is 50.7 Å². The highest BCUT2D eigenvalue weighted by atomic mass is 127. The third-order valence-electron chi connectivity index (χ3n) is 6.18. The summed E-state index contributed by atoms with van der Waals surface area (Å²) in [5, 5.41) is 14.0. The highest BCUT2D eigenvalue weighted by Gasteiger charge is 2.20. The molecular formula is C32H28F6I2N4O6. The first-order valence-electron chi connectivity index (χ1n) is 14.1. The van der Waals surface area contributed by atoms with Gasteiger partial charge in [0.05, 0.1) is 53.7 Å². The molecule has 0 aliphatic heterocycles. The Morgan fingerprint density at radius 1 is 0.660 bits per heavy atom. The number of methoxy groups -OCH3 is 1. The van der Waals surface area contributed by atoms with Gasteiger partial charge in [-0.1, -0.05) is 0 Å². The van der Waals surface area contributed by atoms with Gasteiger partial charge < -0.3 is 20.5 Å². The van der Waals surface area contributed by atoms with Gasteiger partial charge in [0.2, 0.25) is 0 Å². The summed E-state index contributed by atoms with van der Waals surface area (Å²) in [7, 11) is 1.46. The fourth-order valence-corrected chi connectivity index (χ4v) is 4.60. The van der Waals surface area contributed by atoms with Crippen LogP contribution in [0.3, 0.4) is 0 Å². The number of ether oxygens (including phenoxy) is 1. The van der Waals surface area contributed by atoms with Crippen molar-refractivity contribution in [1.29, 1.82) is 0 Å². The van der Waals surface area contributed by atoms with Gasteiger partial charge in [-0.3, -0.25) is 19.3 Å². The minimum absolute atomic E-state index is 0.00915. The maximum Gasteiger partial charge on any atom is 0.277 e. The van der Waals surface area contributed by atoms with Gasteiger partial charge in [-0.15, -0.1) is 0 Å². The fraction of sp³-hybridized carbons (Fsp3) is 0.188. The van der Waals surface area contributed by atoms with Crippen molar-refractivity contribution in [3.8, 4) is 0 Å². The zero-order valence-electron chi connectivity index (χ0n) is 26.0. The molecule has 0 spiro atoms. The number of nitrogens with one attached hydrogen (secondary N) is 4. The van der Waals surface area contributed by atoms with E-state index in [2.05, 4.69) is 16.1 Å². The third-order valence-corrected chi connectivity index (χ3v) is 7.52. The van der Waals surface area contributed by atoms with Crippen LogP contribution in [0.15, 0.2) is 60.7 Å². The van der Waals surface area contributed by atoms with Gasteiger partial charge in [0, 0.05) is 26.4 Å². The number of hydroxylamine groups is 2. The van der Waals surface area contributed by atoms with Crippen molar-refractivity contribution >= 4 is 79.7 Å². The number of amides is 2. The van der Waals surface area contributed by atoms with Crippen molar-refractivity contribution in [3.63, 3.8) is 0 Å². The first-order chi connectivity index (χ1) is 23.7. The normalized spacial score (nSPS) is 11.3. The van der Waals surface area contributed by atoms with E-state index in [4.69, 9.17) is 19.5 Å². The highest BCUT2D eigenvalue weighted by molar-refractivity contribution is 14.1. The first kappa shape index (κ1) is 40.7. The number of rotatable bonds is 13. The standard InChI is InChI=1S/2C16H14F3IN2O3/c1-8(7-23)25-22-16(24)10-5-11(17)12(18)6-15(10)21-14-3-2-9(20)4-13(14)19;1-24-4-5-25-22-16(23)10-7-11(17)12(18)8-15(10)21-14-3-2-9(20)6-13(14)19/h2-6,8,21,23H,7H2,1H3,(H,22,24);2-3,6-8,21H,4-5H2,1H3,(H,22,23). The van der Waals surface area contributed by atoms with Gasteiger partial charge in [-0.2, -0.15) is 0 Å². The molecule has 1 unspecified atom stereocenters. The second kappa shape index (κ2) is 19.6. The van der Waals surface area contributed by atoms with E-state index in [9.17, 15) is 35.9 Å².